The third-order valence-electron chi connectivity index (χ3n) is 5.54. The molecule has 1 heteroatoms. The first-order chi connectivity index (χ1) is 11.9. The first-order valence-electron chi connectivity index (χ1n) is 9.64. The Labute approximate surface area is 154 Å². The molecule has 0 spiro atoms. The average molecular weight is 339 g/mol. The summed E-state index contributed by atoms with van der Waals surface area (Å²) < 4.78 is 6.23. The molecule has 2 aromatic rings. The fourth-order valence-electron chi connectivity index (χ4n) is 3.42. The molecule has 136 valence electrons. The summed E-state index contributed by atoms with van der Waals surface area (Å²) in [5, 5.41) is 0. The molecule has 0 aliphatic heterocycles. The molecule has 0 aliphatic carbocycles. The van der Waals surface area contributed by atoms with Crippen molar-refractivity contribution in [1.82, 2.24) is 0 Å². The van der Waals surface area contributed by atoms with E-state index in [0.29, 0.717) is 12.2 Å². The lowest BCUT2D eigenvalue weighted by Gasteiger charge is -2.20. The highest BCUT2D eigenvalue weighted by Crippen LogP contribution is 2.19. The summed E-state index contributed by atoms with van der Waals surface area (Å²) in [7, 11) is 0. The number of benzene rings is 2. The molecular weight excluding hydrogens is 304 g/mol. The molecule has 1 nitrogen and oxygen atoms in total. The molecule has 2 unspecified atom stereocenters. The third kappa shape index (κ3) is 5.71. The summed E-state index contributed by atoms with van der Waals surface area (Å²) in [6, 6.07) is 13.2. The molecule has 2 aromatic carbocycles. The van der Waals surface area contributed by atoms with Gasteiger partial charge in [0.15, 0.2) is 0 Å². The molecule has 0 saturated heterocycles. The van der Waals surface area contributed by atoms with Gasteiger partial charge in [0.2, 0.25) is 0 Å². The molecule has 0 fully saturated rings. The molecular formula is C24H34O. The van der Waals surface area contributed by atoms with Crippen molar-refractivity contribution in [1.29, 1.82) is 0 Å². The van der Waals surface area contributed by atoms with Crippen molar-refractivity contribution in [3.63, 3.8) is 0 Å². The van der Waals surface area contributed by atoms with Crippen molar-refractivity contribution in [2.45, 2.75) is 79.4 Å². The fraction of sp³-hybridized carbons (Fsp3) is 0.500. The van der Waals surface area contributed by atoms with Crippen molar-refractivity contribution in [2.24, 2.45) is 0 Å². The normalized spacial score (nSPS) is 13.7. The minimum Gasteiger partial charge on any atom is -0.376 e. The van der Waals surface area contributed by atoms with Gasteiger partial charge >= 0.3 is 0 Å². The lowest BCUT2D eigenvalue weighted by Crippen LogP contribution is -2.18. The van der Waals surface area contributed by atoms with E-state index >= 15 is 0 Å². The smallest absolute Gasteiger partial charge is 0.0553 e. The van der Waals surface area contributed by atoms with Gasteiger partial charge in [-0.3, -0.25) is 0 Å². The number of ether oxygens (including phenoxy) is 1. The molecule has 25 heavy (non-hydrogen) atoms. The molecule has 0 N–H and O–H groups in total. The van der Waals surface area contributed by atoms with Crippen LogP contribution < -0.4 is 0 Å². The zero-order chi connectivity index (χ0) is 18.4. The van der Waals surface area contributed by atoms with E-state index in [1.165, 1.54) is 33.4 Å². The van der Waals surface area contributed by atoms with E-state index in [1.807, 2.05) is 0 Å². The molecule has 2 atom stereocenters. The van der Waals surface area contributed by atoms with E-state index in [-0.39, 0.29) is 0 Å². The summed E-state index contributed by atoms with van der Waals surface area (Å²) in [6.07, 6.45) is 4.95. The average Bonchev–Trinajstić information content (AvgIpc) is 2.57. The first-order valence-corrected chi connectivity index (χ1v) is 9.64. The summed E-state index contributed by atoms with van der Waals surface area (Å²) in [4.78, 5) is 0. The van der Waals surface area contributed by atoms with Gasteiger partial charge in [-0.2, -0.15) is 0 Å². The highest BCUT2D eigenvalue weighted by Gasteiger charge is 2.11. The topological polar surface area (TPSA) is 9.23 Å². The molecule has 0 aliphatic rings. The van der Waals surface area contributed by atoms with Crippen molar-refractivity contribution < 1.29 is 4.74 Å². The van der Waals surface area contributed by atoms with Gasteiger partial charge in [0.05, 0.1) is 12.2 Å². The molecule has 0 aromatic heterocycles. The van der Waals surface area contributed by atoms with E-state index in [0.717, 1.165) is 25.7 Å². The second-order valence-corrected chi connectivity index (χ2v) is 7.55. The zero-order valence-electron chi connectivity index (χ0n) is 16.9. The van der Waals surface area contributed by atoms with Gasteiger partial charge in [-0.25, -0.2) is 0 Å². The third-order valence-corrected chi connectivity index (χ3v) is 5.54. The van der Waals surface area contributed by atoms with Gasteiger partial charge in [-0.1, -0.05) is 36.4 Å². The standard InChI is InChI=1S/C24H34O/c1-17-9-7-11-23(21(17)5)15-13-19(3)25-20(4)14-16-24-12-8-10-18(2)22(24)6/h7-12,19-20H,13-16H2,1-6H3. The molecule has 0 radical (unpaired) electrons. The number of hydrogen-bond donors (Lipinski definition) is 0. The van der Waals surface area contributed by atoms with E-state index in [2.05, 4.69) is 77.9 Å². The minimum atomic E-state index is 0.300. The predicted molar refractivity (Wildman–Crippen MR) is 108 cm³/mol. The Balaban J connectivity index is 1.79. The van der Waals surface area contributed by atoms with E-state index < -0.39 is 0 Å². The lowest BCUT2D eigenvalue weighted by molar-refractivity contribution is 0.000449. The van der Waals surface area contributed by atoms with Crippen LogP contribution in [0.3, 0.4) is 0 Å². The van der Waals surface area contributed by atoms with Gasteiger partial charge in [-0.05, 0) is 101 Å². The Morgan fingerprint density at radius 1 is 0.680 bits per heavy atom. The van der Waals surface area contributed by atoms with E-state index in [1.54, 1.807) is 0 Å². The van der Waals surface area contributed by atoms with Crippen LogP contribution in [0.2, 0.25) is 0 Å². The largest absolute Gasteiger partial charge is 0.376 e. The number of aryl methyl sites for hydroxylation is 4. The van der Waals surface area contributed by atoms with Crippen molar-refractivity contribution >= 4 is 0 Å². The van der Waals surface area contributed by atoms with Gasteiger partial charge in [-0.15, -0.1) is 0 Å². The fourth-order valence-corrected chi connectivity index (χ4v) is 3.42. The molecule has 2 rings (SSSR count). The number of hydrogen-bond acceptors (Lipinski definition) is 1. The van der Waals surface area contributed by atoms with Crippen LogP contribution in [-0.2, 0) is 17.6 Å². The Morgan fingerprint density at radius 2 is 1.08 bits per heavy atom. The van der Waals surface area contributed by atoms with Crippen molar-refractivity contribution in [3.05, 3.63) is 69.8 Å². The van der Waals surface area contributed by atoms with E-state index in [9.17, 15) is 0 Å². The van der Waals surface area contributed by atoms with Crippen LogP contribution in [0.15, 0.2) is 36.4 Å². The van der Waals surface area contributed by atoms with Gasteiger partial charge in [0, 0.05) is 0 Å². The van der Waals surface area contributed by atoms with Gasteiger partial charge in [0.1, 0.15) is 0 Å². The van der Waals surface area contributed by atoms with Crippen LogP contribution in [0.4, 0.5) is 0 Å². The zero-order valence-corrected chi connectivity index (χ0v) is 16.9. The second kappa shape index (κ2) is 9.20. The SMILES string of the molecule is Cc1cccc(CCC(C)OC(C)CCc2cccc(C)c2C)c1C. The minimum absolute atomic E-state index is 0.300. The quantitative estimate of drug-likeness (QED) is 0.550. The van der Waals surface area contributed by atoms with Crippen LogP contribution in [0, 0.1) is 27.7 Å². The maximum Gasteiger partial charge on any atom is 0.0553 e. The predicted octanol–water partition coefficient (Wildman–Crippen LogP) is 6.28. The van der Waals surface area contributed by atoms with Crippen molar-refractivity contribution in [2.75, 3.05) is 0 Å². The summed E-state index contributed by atoms with van der Waals surface area (Å²) in [6.45, 7) is 13.2. The summed E-state index contributed by atoms with van der Waals surface area (Å²) in [5.41, 5.74) is 8.54. The first kappa shape index (κ1) is 19.7. The lowest BCUT2D eigenvalue weighted by atomic mass is 9.98. The van der Waals surface area contributed by atoms with Crippen LogP contribution >= 0.6 is 0 Å². The van der Waals surface area contributed by atoms with Crippen LogP contribution in [0.25, 0.3) is 0 Å². The molecule has 0 bridgehead atoms. The maximum absolute atomic E-state index is 6.23. The van der Waals surface area contributed by atoms with E-state index in [4.69, 9.17) is 4.74 Å². The maximum atomic E-state index is 6.23. The molecule has 0 saturated carbocycles. The van der Waals surface area contributed by atoms with Crippen molar-refractivity contribution in [3.8, 4) is 0 Å². The molecule has 0 heterocycles. The van der Waals surface area contributed by atoms with Crippen LogP contribution in [0.5, 0.6) is 0 Å². The highest BCUT2D eigenvalue weighted by atomic mass is 16.5. The summed E-state index contributed by atoms with van der Waals surface area (Å²) in [5.74, 6) is 0. The van der Waals surface area contributed by atoms with Gasteiger partial charge < -0.3 is 4.74 Å². The van der Waals surface area contributed by atoms with Gasteiger partial charge in [0.25, 0.3) is 0 Å². The Bertz CT molecular complexity index is 627. The Kier molecular flexibility index (Phi) is 7.25. The van der Waals surface area contributed by atoms with Crippen LogP contribution in [0.1, 0.15) is 60.1 Å². The van der Waals surface area contributed by atoms with Crippen LogP contribution in [-0.4, -0.2) is 12.2 Å². The number of rotatable bonds is 8. The Hall–Kier alpha value is -1.60. The highest BCUT2D eigenvalue weighted by molar-refractivity contribution is 5.34. The summed E-state index contributed by atoms with van der Waals surface area (Å²) >= 11 is 0. The monoisotopic (exact) mass is 338 g/mol. The second-order valence-electron chi connectivity index (χ2n) is 7.55. The molecule has 0 amide bonds. The Morgan fingerprint density at radius 3 is 1.48 bits per heavy atom.